The SMILES string of the molecule is CSCC[C@H](NC(=O)OCc1ccccc1)C(=O)Oc1ccc2c(c1)CC[C@@H]1[C@@H]2CC[C@]2(C)C(=O)CC[C@@H]12. The number of carbonyl (C=O) groups excluding carboxylic acids is 3. The number of fused-ring (bicyclic) bond motifs is 5. The number of alkyl carbamates (subject to hydrolysis) is 1. The molecule has 38 heavy (non-hydrogen) atoms. The van der Waals surface area contributed by atoms with Gasteiger partial charge in [0, 0.05) is 11.8 Å². The summed E-state index contributed by atoms with van der Waals surface area (Å²) in [5.41, 5.74) is 3.34. The molecule has 2 fully saturated rings. The minimum Gasteiger partial charge on any atom is -0.445 e. The summed E-state index contributed by atoms with van der Waals surface area (Å²) in [6, 6.07) is 14.6. The summed E-state index contributed by atoms with van der Waals surface area (Å²) in [4.78, 5) is 38.1. The number of carbonyl (C=O) groups is 3. The van der Waals surface area contributed by atoms with Gasteiger partial charge in [0.25, 0.3) is 0 Å². The van der Waals surface area contributed by atoms with E-state index in [0.717, 1.165) is 44.1 Å². The fourth-order valence-corrected chi connectivity index (χ4v) is 7.44. The van der Waals surface area contributed by atoms with Crippen molar-refractivity contribution in [2.24, 2.45) is 17.3 Å². The van der Waals surface area contributed by atoms with Crippen molar-refractivity contribution in [1.82, 2.24) is 5.32 Å². The number of thioether (sulfide) groups is 1. The summed E-state index contributed by atoms with van der Waals surface area (Å²) >= 11 is 1.61. The maximum atomic E-state index is 13.1. The molecule has 202 valence electrons. The van der Waals surface area contributed by atoms with Gasteiger partial charge in [0.1, 0.15) is 24.2 Å². The minimum atomic E-state index is -0.790. The summed E-state index contributed by atoms with van der Waals surface area (Å²) in [5.74, 6) is 2.71. The number of aryl methyl sites for hydroxylation is 1. The van der Waals surface area contributed by atoms with Crippen LogP contribution in [-0.4, -0.2) is 35.9 Å². The van der Waals surface area contributed by atoms with Gasteiger partial charge >= 0.3 is 12.1 Å². The maximum Gasteiger partial charge on any atom is 0.408 e. The second-order valence-electron chi connectivity index (χ2n) is 11.2. The Labute approximate surface area is 229 Å². The molecule has 0 heterocycles. The van der Waals surface area contributed by atoms with Crippen molar-refractivity contribution in [1.29, 1.82) is 0 Å². The molecule has 5 atom stereocenters. The Morgan fingerprint density at radius 2 is 1.92 bits per heavy atom. The molecule has 0 aliphatic heterocycles. The number of esters is 1. The first-order chi connectivity index (χ1) is 18.4. The molecule has 1 N–H and O–H groups in total. The van der Waals surface area contributed by atoms with Gasteiger partial charge in [-0.2, -0.15) is 11.8 Å². The third-order valence-corrected chi connectivity index (χ3v) is 9.67. The number of amides is 1. The first kappa shape index (κ1) is 26.8. The Hall–Kier alpha value is -2.80. The Morgan fingerprint density at radius 3 is 2.71 bits per heavy atom. The smallest absolute Gasteiger partial charge is 0.408 e. The van der Waals surface area contributed by atoms with Crippen LogP contribution in [0.1, 0.15) is 68.1 Å². The molecule has 0 spiro atoms. The molecule has 2 saturated carbocycles. The zero-order valence-electron chi connectivity index (χ0n) is 22.2. The predicted molar refractivity (Wildman–Crippen MR) is 148 cm³/mol. The Kier molecular flexibility index (Phi) is 8.12. The fraction of sp³-hybridized carbons (Fsp3) is 0.516. The lowest BCUT2D eigenvalue weighted by Crippen LogP contribution is -2.43. The van der Waals surface area contributed by atoms with Gasteiger partial charge in [-0.05, 0) is 97.1 Å². The van der Waals surface area contributed by atoms with E-state index in [1.165, 1.54) is 11.1 Å². The van der Waals surface area contributed by atoms with E-state index in [0.29, 0.717) is 41.5 Å². The van der Waals surface area contributed by atoms with Gasteiger partial charge in [-0.1, -0.05) is 43.3 Å². The minimum absolute atomic E-state index is 0.130. The molecule has 5 rings (SSSR count). The standard InChI is InChI=1S/C31H37NO5S/c1-31-16-14-24-23-11-9-22(18-21(23)8-10-25(24)26(31)12-13-28(31)33)37-29(34)27(15-17-38-2)32-30(35)36-19-20-6-4-3-5-7-20/h3-7,9,11,18,24-27H,8,10,12-17,19H2,1-2H3,(H,32,35)/t24-,25-,26+,27+,31+/m1/s1. The van der Waals surface area contributed by atoms with Crippen LogP contribution in [0.25, 0.3) is 0 Å². The number of ketones is 1. The number of ether oxygens (including phenoxy) is 2. The van der Waals surface area contributed by atoms with Crippen LogP contribution >= 0.6 is 11.8 Å². The molecule has 0 radical (unpaired) electrons. The highest BCUT2D eigenvalue weighted by Crippen LogP contribution is 2.59. The second kappa shape index (κ2) is 11.5. The third kappa shape index (κ3) is 5.49. The molecule has 7 heteroatoms. The molecule has 6 nitrogen and oxygen atoms in total. The van der Waals surface area contributed by atoms with Crippen molar-refractivity contribution in [2.75, 3.05) is 12.0 Å². The van der Waals surface area contributed by atoms with Gasteiger partial charge in [-0.25, -0.2) is 9.59 Å². The van der Waals surface area contributed by atoms with E-state index in [-0.39, 0.29) is 12.0 Å². The van der Waals surface area contributed by atoms with Crippen LogP contribution in [-0.2, 0) is 27.4 Å². The lowest BCUT2D eigenvalue weighted by molar-refractivity contribution is -0.136. The summed E-state index contributed by atoms with van der Waals surface area (Å²) in [6.07, 6.45) is 7.56. The highest BCUT2D eigenvalue weighted by Gasteiger charge is 2.54. The van der Waals surface area contributed by atoms with Crippen molar-refractivity contribution < 1.29 is 23.9 Å². The highest BCUT2D eigenvalue weighted by atomic mass is 32.2. The van der Waals surface area contributed by atoms with E-state index in [1.54, 1.807) is 11.8 Å². The molecule has 0 saturated heterocycles. The van der Waals surface area contributed by atoms with E-state index in [1.807, 2.05) is 48.7 Å². The third-order valence-electron chi connectivity index (χ3n) is 9.03. The maximum absolute atomic E-state index is 13.1. The highest BCUT2D eigenvalue weighted by molar-refractivity contribution is 7.98. The van der Waals surface area contributed by atoms with Crippen LogP contribution < -0.4 is 10.1 Å². The molecule has 0 aromatic heterocycles. The summed E-state index contributed by atoms with van der Waals surface area (Å²) < 4.78 is 11.1. The summed E-state index contributed by atoms with van der Waals surface area (Å²) in [7, 11) is 0. The van der Waals surface area contributed by atoms with Crippen LogP contribution in [0.15, 0.2) is 48.5 Å². The molecule has 0 unspecified atom stereocenters. The molecule has 3 aliphatic carbocycles. The van der Waals surface area contributed by atoms with E-state index in [4.69, 9.17) is 9.47 Å². The van der Waals surface area contributed by atoms with Gasteiger partial charge in [-0.15, -0.1) is 0 Å². The van der Waals surface area contributed by atoms with Crippen LogP contribution in [0.3, 0.4) is 0 Å². The Morgan fingerprint density at radius 1 is 1.11 bits per heavy atom. The topological polar surface area (TPSA) is 81.7 Å². The van der Waals surface area contributed by atoms with E-state index in [2.05, 4.69) is 18.3 Å². The number of hydrogen-bond acceptors (Lipinski definition) is 6. The quantitative estimate of drug-likeness (QED) is 0.327. The number of rotatable bonds is 8. The molecule has 3 aliphatic rings. The average Bonchev–Trinajstić information content (AvgIpc) is 3.24. The van der Waals surface area contributed by atoms with Crippen LogP contribution in [0.2, 0.25) is 0 Å². The molecule has 2 aromatic carbocycles. The molecular formula is C31H37NO5S. The van der Waals surface area contributed by atoms with Crippen LogP contribution in [0.4, 0.5) is 4.79 Å². The number of hydrogen-bond donors (Lipinski definition) is 1. The lowest BCUT2D eigenvalue weighted by atomic mass is 9.55. The van der Waals surface area contributed by atoms with Crippen molar-refractivity contribution in [2.45, 2.75) is 70.4 Å². The largest absolute Gasteiger partial charge is 0.445 e. The first-order valence-corrected chi connectivity index (χ1v) is 15.1. The van der Waals surface area contributed by atoms with E-state index < -0.39 is 18.1 Å². The van der Waals surface area contributed by atoms with E-state index in [9.17, 15) is 14.4 Å². The van der Waals surface area contributed by atoms with Gasteiger partial charge in [0.2, 0.25) is 0 Å². The normalized spacial score (nSPS) is 26.5. The van der Waals surface area contributed by atoms with Crippen LogP contribution in [0.5, 0.6) is 5.75 Å². The predicted octanol–water partition coefficient (Wildman–Crippen LogP) is 6.07. The average molecular weight is 536 g/mol. The molecular weight excluding hydrogens is 498 g/mol. The summed E-state index contributed by atoms with van der Waals surface area (Å²) in [5, 5.41) is 2.69. The zero-order valence-corrected chi connectivity index (χ0v) is 23.1. The Balaban J connectivity index is 1.22. The molecule has 0 bridgehead atoms. The number of nitrogens with one attached hydrogen (secondary N) is 1. The number of benzene rings is 2. The van der Waals surface area contributed by atoms with Crippen molar-refractivity contribution in [3.8, 4) is 5.75 Å². The lowest BCUT2D eigenvalue weighted by Gasteiger charge is -2.48. The van der Waals surface area contributed by atoms with Gasteiger partial charge in [-0.3, -0.25) is 4.79 Å². The fourth-order valence-electron chi connectivity index (χ4n) is 6.97. The van der Waals surface area contributed by atoms with Gasteiger partial charge < -0.3 is 14.8 Å². The van der Waals surface area contributed by atoms with Crippen molar-refractivity contribution in [3.05, 3.63) is 65.2 Å². The first-order valence-electron chi connectivity index (χ1n) is 13.7. The monoisotopic (exact) mass is 535 g/mol. The molecule has 1 amide bonds. The van der Waals surface area contributed by atoms with Crippen molar-refractivity contribution in [3.63, 3.8) is 0 Å². The Bertz CT molecular complexity index is 1180. The van der Waals surface area contributed by atoms with Gasteiger partial charge in [0.05, 0.1) is 0 Å². The zero-order chi connectivity index (χ0) is 26.7. The van der Waals surface area contributed by atoms with Gasteiger partial charge in [0.15, 0.2) is 0 Å². The van der Waals surface area contributed by atoms with Crippen LogP contribution in [0, 0.1) is 17.3 Å². The van der Waals surface area contributed by atoms with Crippen molar-refractivity contribution >= 4 is 29.6 Å². The number of Topliss-reactive ketones (excluding diaryl/α,β-unsaturated/α-hetero) is 1. The molecule has 2 aromatic rings. The second-order valence-corrected chi connectivity index (χ2v) is 12.1. The summed E-state index contributed by atoms with van der Waals surface area (Å²) in [6.45, 7) is 2.33. The van der Waals surface area contributed by atoms with E-state index >= 15 is 0 Å².